The molecule has 0 aliphatic heterocycles. The number of rotatable bonds is 3. The molecule has 0 aromatic carbocycles. The van der Waals surface area contributed by atoms with Gasteiger partial charge in [-0.05, 0) is 31.7 Å². The fourth-order valence-electron chi connectivity index (χ4n) is 2.07. The van der Waals surface area contributed by atoms with E-state index in [4.69, 9.17) is 10.5 Å². The molecule has 1 aliphatic carbocycles. The second kappa shape index (κ2) is 5.82. The van der Waals surface area contributed by atoms with Gasteiger partial charge in [-0.1, -0.05) is 0 Å². The van der Waals surface area contributed by atoms with E-state index in [2.05, 4.69) is 9.72 Å². The second-order valence-corrected chi connectivity index (χ2v) is 4.53. The maximum absolute atomic E-state index is 11.2. The minimum Gasteiger partial charge on any atom is -0.474 e. The van der Waals surface area contributed by atoms with E-state index in [1.165, 1.54) is 13.3 Å². The molecule has 1 heterocycles. The molecule has 98 valence electrons. The van der Waals surface area contributed by atoms with Crippen molar-refractivity contribution in [3.63, 3.8) is 0 Å². The van der Waals surface area contributed by atoms with Crippen LogP contribution in [0.2, 0.25) is 0 Å². The minimum atomic E-state index is -0.391. The van der Waals surface area contributed by atoms with Gasteiger partial charge in [0.05, 0.1) is 12.7 Å². The number of hydrogen-bond acceptors (Lipinski definition) is 5. The lowest BCUT2D eigenvalue weighted by Crippen LogP contribution is -2.31. The molecule has 2 rings (SSSR count). The van der Waals surface area contributed by atoms with Crippen LogP contribution in [0.4, 0.5) is 0 Å². The molecule has 0 amide bonds. The molecule has 1 aromatic rings. The van der Waals surface area contributed by atoms with Crippen LogP contribution >= 0.6 is 0 Å². The zero-order chi connectivity index (χ0) is 13.0. The first-order chi connectivity index (χ1) is 8.69. The maximum Gasteiger partial charge on any atom is 0.339 e. The molecule has 1 fully saturated rings. The van der Waals surface area contributed by atoms with Gasteiger partial charge in [-0.2, -0.15) is 0 Å². The molecule has 0 unspecified atom stereocenters. The van der Waals surface area contributed by atoms with Crippen molar-refractivity contribution in [1.82, 2.24) is 4.98 Å². The van der Waals surface area contributed by atoms with Gasteiger partial charge in [0.1, 0.15) is 6.10 Å². The monoisotopic (exact) mass is 250 g/mol. The Morgan fingerprint density at radius 3 is 2.61 bits per heavy atom. The molecule has 5 nitrogen and oxygen atoms in total. The Morgan fingerprint density at radius 2 is 2.06 bits per heavy atom. The van der Waals surface area contributed by atoms with Crippen LogP contribution in [-0.2, 0) is 4.74 Å². The third kappa shape index (κ3) is 3.20. The highest BCUT2D eigenvalue weighted by Gasteiger charge is 2.20. The molecule has 1 saturated carbocycles. The van der Waals surface area contributed by atoms with Crippen molar-refractivity contribution in [1.29, 1.82) is 0 Å². The molecule has 2 N–H and O–H groups in total. The van der Waals surface area contributed by atoms with Crippen LogP contribution in [0.25, 0.3) is 0 Å². The third-order valence-electron chi connectivity index (χ3n) is 3.16. The number of aromatic nitrogens is 1. The first kappa shape index (κ1) is 12.8. The second-order valence-electron chi connectivity index (χ2n) is 4.53. The summed E-state index contributed by atoms with van der Waals surface area (Å²) in [5.74, 6) is 0.154. The summed E-state index contributed by atoms with van der Waals surface area (Å²) >= 11 is 0. The Hall–Kier alpha value is -1.62. The lowest BCUT2D eigenvalue weighted by molar-refractivity contribution is 0.0600. The van der Waals surface area contributed by atoms with Gasteiger partial charge < -0.3 is 15.2 Å². The van der Waals surface area contributed by atoms with Gasteiger partial charge in [-0.3, -0.25) is 0 Å². The predicted octanol–water partition coefficient (Wildman–Crippen LogP) is 1.52. The molecule has 5 heteroatoms. The van der Waals surface area contributed by atoms with Crippen molar-refractivity contribution in [2.24, 2.45) is 5.73 Å². The third-order valence-corrected chi connectivity index (χ3v) is 3.16. The Kier molecular flexibility index (Phi) is 4.15. The summed E-state index contributed by atoms with van der Waals surface area (Å²) in [5, 5.41) is 0. The summed E-state index contributed by atoms with van der Waals surface area (Å²) in [7, 11) is 1.35. The van der Waals surface area contributed by atoms with E-state index in [1.54, 1.807) is 12.1 Å². The number of hydrogen-bond donors (Lipinski definition) is 1. The van der Waals surface area contributed by atoms with Crippen molar-refractivity contribution in [2.75, 3.05) is 7.11 Å². The van der Waals surface area contributed by atoms with Gasteiger partial charge >= 0.3 is 5.97 Å². The van der Waals surface area contributed by atoms with Gasteiger partial charge in [0.2, 0.25) is 5.88 Å². The fraction of sp³-hybridized carbons (Fsp3) is 0.538. The van der Waals surface area contributed by atoms with E-state index in [1.807, 2.05) is 0 Å². The average molecular weight is 250 g/mol. The molecule has 1 aromatic heterocycles. The smallest absolute Gasteiger partial charge is 0.339 e. The van der Waals surface area contributed by atoms with Gasteiger partial charge in [0.25, 0.3) is 0 Å². The summed E-state index contributed by atoms with van der Waals surface area (Å²) in [6.07, 6.45) is 5.55. The lowest BCUT2D eigenvalue weighted by Gasteiger charge is -2.26. The van der Waals surface area contributed by atoms with E-state index in [0.29, 0.717) is 17.5 Å². The first-order valence-corrected chi connectivity index (χ1v) is 6.15. The van der Waals surface area contributed by atoms with Gasteiger partial charge in [0, 0.05) is 18.3 Å². The molecule has 0 bridgehead atoms. The minimum absolute atomic E-state index is 0.182. The molecule has 0 atom stereocenters. The molecular weight excluding hydrogens is 232 g/mol. The van der Waals surface area contributed by atoms with E-state index in [-0.39, 0.29) is 6.10 Å². The van der Waals surface area contributed by atoms with Crippen molar-refractivity contribution < 1.29 is 14.3 Å². The largest absolute Gasteiger partial charge is 0.474 e. The standard InChI is InChI=1S/C13H18N2O3/c1-17-13(16)9-2-7-12(15-8-9)18-11-5-3-10(14)4-6-11/h2,7-8,10-11H,3-6,14H2,1H3. The van der Waals surface area contributed by atoms with Crippen LogP contribution < -0.4 is 10.5 Å². The van der Waals surface area contributed by atoms with Crippen LogP contribution in [0.15, 0.2) is 18.3 Å². The van der Waals surface area contributed by atoms with Gasteiger partial charge in [-0.15, -0.1) is 0 Å². The number of nitrogens with zero attached hydrogens (tertiary/aromatic N) is 1. The normalized spacial score (nSPS) is 23.4. The SMILES string of the molecule is COC(=O)c1ccc(OC2CCC(N)CC2)nc1. The Balaban J connectivity index is 1.92. The van der Waals surface area contributed by atoms with Gasteiger partial charge in [0.15, 0.2) is 0 Å². The van der Waals surface area contributed by atoms with E-state index < -0.39 is 5.97 Å². The number of nitrogens with two attached hydrogens (primary N) is 1. The van der Waals surface area contributed by atoms with Crippen molar-refractivity contribution >= 4 is 5.97 Å². The first-order valence-electron chi connectivity index (χ1n) is 6.15. The Bertz CT molecular complexity index is 397. The van der Waals surface area contributed by atoms with Crippen LogP contribution in [0, 0.1) is 0 Å². The summed E-state index contributed by atoms with van der Waals surface area (Å²) in [4.78, 5) is 15.3. The highest BCUT2D eigenvalue weighted by atomic mass is 16.5. The Labute approximate surface area is 106 Å². The van der Waals surface area contributed by atoms with E-state index in [9.17, 15) is 4.79 Å². The number of methoxy groups -OCH3 is 1. The van der Waals surface area contributed by atoms with Crippen molar-refractivity contribution in [2.45, 2.75) is 37.8 Å². The van der Waals surface area contributed by atoms with E-state index >= 15 is 0 Å². The average Bonchev–Trinajstić information content (AvgIpc) is 2.41. The number of pyridine rings is 1. The number of esters is 1. The number of ether oxygens (including phenoxy) is 2. The van der Waals surface area contributed by atoms with Crippen molar-refractivity contribution in [3.8, 4) is 5.88 Å². The topological polar surface area (TPSA) is 74.4 Å². The van der Waals surface area contributed by atoms with E-state index in [0.717, 1.165) is 25.7 Å². The number of carbonyl (C=O) groups is 1. The molecular formula is C13H18N2O3. The molecule has 0 spiro atoms. The van der Waals surface area contributed by atoms with Crippen LogP contribution in [0.3, 0.4) is 0 Å². The quantitative estimate of drug-likeness (QED) is 0.823. The molecule has 1 aliphatic rings. The highest BCUT2D eigenvalue weighted by Crippen LogP contribution is 2.21. The highest BCUT2D eigenvalue weighted by molar-refractivity contribution is 5.88. The summed E-state index contributed by atoms with van der Waals surface area (Å²) in [6.45, 7) is 0. The predicted molar refractivity (Wildman–Crippen MR) is 66.4 cm³/mol. The maximum atomic E-state index is 11.2. The van der Waals surface area contributed by atoms with Gasteiger partial charge in [-0.25, -0.2) is 9.78 Å². The zero-order valence-corrected chi connectivity index (χ0v) is 10.5. The van der Waals surface area contributed by atoms with Crippen LogP contribution in [-0.4, -0.2) is 30.2 Å². The molecule has 0 radical (unpaired) electrons. The lowest BCUT2D eigenvalue weighted by atomic mass is 9.94. The Morgan fingerprint density at radius 1 is 1.33 bits per heavy atom. The summed E-state index contributed by atoms with van der Waals surface area (Å²) in [5.41, 5.74) is 6.26. The van der Waals surface area contributed by atoms with Crippen LogP contribution in [0.5, 0.6) is 5.88 Å². The van der Waals surface area contributed by atoms with Crippen molar-refractivity contribution in [3.05, 3.63) is 23.9 Å². The summed E-state index contributed by atoms with van der Waals surface area (Å²) in [6, 6.07) is 3.66. The molecule has 0 saturated heterocycles. The van der Waals surface area contributed by atoms with Crippen LogP contribution in [0.1, 0.15) is 36.0 Å². The molecule has 18 heavy (non-hydrogen) atoms. The summed E-state index contributed by atoms with van der Waals surface area (Å²) < 4.78 is 10.4. The number of carbonyl (C=O) groups excluding carboxylic acids is 1. The zero-order valence-electron chi connectivity index (χ0n) is 10.5. The fourth-order valence-corrected chi connectivity index (χ4v) is 2.07.